The summed E-state index contributed by atoms with van der Waals surface area (Å²) >= 11 is 0. The van der Waals surface area contributed by atoms with Gasteiger partial charge in [-0.2, -0.15) is 0 Å². The zero-order chi connectivity index (χ0) is 33.7. The second-order valence-electron chi connectivity index (χ2n) is 12.8. The second-order valence-corrected chi connectivity index (χ2v) is 12.8. The Morgan fingerprint density at radius 1 is 0.333 bits per heavy atom. The molecule has 10 aromatic rings. The van der Waals surface area contributed by atoms with E-state index in [0.717, 1.165) is 77.0 Å². The minimum absolute atomic E-state index is 0.609. The highest BCUT2D eigenvalue weighted by Gasteiger charge is 2.20. The summed E-state index contributed by atoms with van der Waals surface area (Å²) in [4.78, 5) is 15.6. The van der Waals surface area contributed by atoms with E-state index < -0.39 is 0 Å². The summed E-state index contributed by atoms with van der Waals surface area (Å²) in [7, 11) is 0. The van der Waals surface area contributed by atoms with E-state index in [1.165, 1.54) is 5.39 Å². The summed E-state index contributed by atoms with van der Waals surface area (Å²) in [6.07, 6.45) is 0. The molecule has 0 saturated carbocycles. The van der Waals surface area contributed by atoms with Crippen LogP contribution in [0.1, 0.15) is 0 Å². The van der Waals surface area contributed by atoms with E-state index in [4.69, 9.17) is 19.4 Å². The maximum absolute atomic E-state index is 6.65. The number of furan rings is 1. The first-order valence-electron chi connectivity index (χ1n) is 17.1. The van der Waals surface area contributed by atoms with E-state index in [2.05, 4.69) is 164 Å². The zero-order valence-corrected chi connectivity index (χ0v) is 27.5. The molecule has 51 heavy (non-hydrogen) atoms. The maximum Gasteiger partial charge on any atom is 0.164 e. The van der Waals surface area contributed by atoms with Gasteiger partial charge >= 0.3 is 0 Å². The molecule has 0 aliphatic carbocycles. The number of hydrogen-bond acceptors (Lipinski definition) is 4. The van der Waals surface area contributed by atoms with Crippen LogP contribution < -0.4 is 0 Å². The Bertz CT molecular complexity index is 2910. The molecular weight excluding hydrogens is 623 g/mol. The Hall–Kier alpha value is -6.91. The highest BCUT2D eigenvalue weighted by atomic mass is 16.3. The second kappa shape index (κ2) is 11.9. The maximum atomic E-state index is 6.65. The number of rotatable bonds is 5. The van der Waals surface area contributed by atoms with Crippen LogP contribution >= 0.6 is 0 Å². The Morgan fingerprint density at radius 2 is 0.941 bits per heavy atom. The monoisotopic (exact) mass is 651 g/mol. The standard InChI is InChI=1S/C47H29N3O/c1-3-13-30(14-4-1)34-19-11-20-35(27-34)45-48-46(36-26-25-31-15-7-8-18-33(31)28-36)50-47(49-45)40-29-41-43-37(32-16-5-2-6-17-32)23-12-24-42(43)51-44(41)39-22-10-9-21-38(39)40/h1-29H. The van der Waals surface area contributed by atoms with Crippen LogP contribution in [-0.4, -0.2) is 15.0 Å². The molecule has 0 aliphatic heterocycles. The first kappa shape index (κ1) is 29.0. The molecule has 2 heterocycles. The summed E-state index contributed by atoms with van der Waals surface area (Å²) < 4.78 is 6.65. The molecular formula is C47H29N3O. The van der Waals surface area contributed by atoms with E-state index in [0.29, 0.717) is 17.5 Å². The Kier molecular flexibility index (Phi) is 6.78. The number of aromatic nitrogens is 3. The van der Waals surface area contributed by atoms with Crippen molar-refractivity contribution >= 4 is 43.5 Å². The molecule has 0 unspecified atom stereocenters. The van der Waals surface area contributed by atoms with Gasteiger partial charge in [0, 0.05) is 32.8 Å². The molecule has 2 aromatic heterocycles. The Balaban J connectivity index is 1.25. The van der Waals surface area contributed by atoms with E-state index in [9.17, 15) is 0 Å². The van der Waals surface area contributed by atoms with Crippen molar-refractivity contribution in [2.45, 2.75) is 0 Å². The Morgan fingerprint density at radius 3 is 1.75 bits per heavy atom. The molecule has 0 radical (unpaired) electrons. The predicted octanol–water partition coefficient (Wildman–Crippen LogP) is 12.4. The fourth-order valence-corrected chi connectivity index (χ4v) is 7.24. The molecule has 0 amide bonds. The zero-order valence-electron chi connectivity index (χ0n) is 27.5. The minimum Gasteiger partial charge on any atom is -0.455 e. The highest BCUT2D eigenvalue weighted by molar-refractivity contribution is 6.21. The van der Waals surface area contributed by atoms with Gasteiger partial charge in [-0.1, -0.05) is 152 Å². The average Bonchev–Trinajstić information content (AvgIpc) is 3.60. The highest BCUT2D eigenvalue weighted by Crippen LogP contribution is 2.43. The third kappa shape index (κ3) is 5.04. The van der Waals surface area contributed by atoms with Crippen LogP contribution in [-0.2, 0) is 0 Å². The molecule has 0 bridgehead atoms. The number of fused-ring (bicyclic) bond motifs is 6. The fourth-order valence-electron chi connectivity index (χ4n) is 7.24. The summed E-state index contributed by atoms with van der Waals surface area (Å²) in [5, 5.41) is 6.44. The fraction of sp³-hybridized carbons (Fsp3) is 0. The average molecular weight is 652 g/mol. The lowest BCUT2D eigenvalue weighted by atomic mass is 9.96. The van der Waals surface area contributed by atoms with Crippen molar-refractivity contribution in [2.75, 3.05) is 0 Å². The van der Waals surface area contributed by atoms with Gasteiger partial charge in [0.2, 0.25) is 0 Å². The van der Waals surface area contributed by atoms with Crippen LogP contribution in [0.15, 0.2) is 180 Å². The SMILES string of the molecule is c1ccc(-c2cccc(-c3nc(-c4ccc5ccccc5c4)nc(-c4cc5c(oc6cccc(-c7ccccc7)c65)c5ccccc45)n3)c2)cc1. The molecule has 238 valence electrons. The minimum atomic E-state index is 0.609. The van der Waals surface area contributed by atoms with Crippen molar-refractivity contribution < 1.29 is 4.42 Å². The number of benzene rings is 8. The van der Waals surface area contributed by atoms with Gasteiger partial charge in [0.15, 0.2) is 17.5 Å². The predicted molar refractivity (Wildman–Crippen MR) is 209 cm³/mol. The Labute approximate surface area is 294 Å². The molecule has 0 spiro atoms. The molecule has 4 nitrogen and oxygen atoms in total. The van der Waals surface area contributed by atoms with E-state index >= 15 is 0 Å². The van der Waals surface area contributed by atoms with Gasteiger partial charge in [0.1, 0.15) is 11.2 Å². The molecule has 0 N–H and O–H groups in total. The third-order valence-electron chi connectivity index (χ3n) is 9.70. The lowest BCUT2D eigenvalue weighted by Crippen LogP contribution is -2.01. The number of nitrogens with zero attached hydrogens (tertiary/aromatic N) is 3. The third-order valence-corrected chi connectivity index (χ3v) is 9.70. The van der Waals surface area contributed by atoms with Gasteiger partial charge < -0.3 is 4.42 Å². The van der Waals surface area contributed by atoms with Crippen molar-refractivity contribution in [3.8, 4) is 56.4 Å². The molecule has 8 aromatic carbocycles. The van der Waals surface area contributed by atoms with Crippen LogP contribution in [0.3, 0.4) is 0 Å². The van der Waals surface area contributed by atoms with Gasteiger partial charge in [-0.25, -0.2) is 15.0 Å². The molecule has 0 atom stereocenters. The van der Waals surface area contributed by atoms with Crippen molar-refractivity contribution in [3.05, 3.63) is 176 Å². The van der Waals surface area contributed by atoms with Gasteiger partial charge in [-0.3, -0.25) is 0 Å². The van der Waals surface area contributed by atoms with Gasteiger partial charge in [0.25, 0.3) is 0 Å². The van der Waals surface area contributed by atoms with E-state index in [1.807, 2.05) is 12.1 Å². The van der Waals surface area contributed by atoms with Gasteiger partial charge in [-0.05, 0) is 62.7 Å². The quantitative estimate of drug-likeness (QED) is 0.186. The van der Waals surface area contributed by atoms with Gasteiger partial charge in [-0.15, -0.1) is 0 Å². The van der Waals surface area contributed by atoms with Crippen molar-refractivity contribution in [1.82, 2.24) is 15.0 Å². The number of hydrogen-bond donors (Lipinski definition) is 0. The van der Waals surface area contributed by atoms with Crippen molar-refractivity contribution in [3.63, 3.8) is 0 Å². The molecule has 4 heteroatoms. The molecule has 0 saturated heterocycles. The summed E-state index contributed by atoms with van der Waals surface area (Å²) in [6, 6.07) is 61.0. The first-order chi connectivity index (χ1) is 25.3. The normalized spacial score (nSPS) is 11.5. The van der Waals surface area contributed by atoms with Crippen molar-refractivity contribution in [1.29, 1.82) is 0 Å². The van der Waals surface area contributed by atoms with Crippen LogP contribution in [0.5, 0.6) is 0 Å². The van der Waals surface area contributed by atoms with Crippen molar-refractivity contribution in [2.24, 2.45) is 0 Å². The summed E-state index contributed by atoms with van der Waals surface area (Å²) in [6.45, 7) is 0. The largest absolute Gasteiger partial charge is 0.455 e. The molecule has 0 fully saturated rings. The lowest BCUT2D eigenvalue weighted by molar-refractivity contribution is 0.673. The molecule has 10 rings (SSSR count). The van der Waals surface area contributed by atoms with Gasteiger partial charge in [0.05, 0.1) is 0 Å². The van der Waals surface area contributed by atoms with E-state index in [1.54, 1.807) is 0 Å². The molecule has 0 aliphatic rings. The van der Waals surface area contributed by atoms with Crippen LogP contribution in [0.2, 0.25) is 0 Å². The van der Waals surface area contributed by atoms with Crippen LogP contribution in [0, 0.1) is 0 Å². The van der Waals surface area contributed by atoms with E-state index in [-0.39, 0.29) is 0 Å². The topological polar surface area (TPSA) is 51.8 Å². The lowest BCUT2D eigenvalue weighted by Gasteiger charge is -2.12. The first-order valence-corrected chi connectivity index (χ1v) is 17.1. The van der Waals surface area contributed by atoms with Crippen LogP contribution in [0.4, 0.5) is 0 Å². The summed E-state index contributed by atoms with van der Waals surface area (Å²) in [5.74, 6) is 1.85. The summed E-state index contributed by atoms with van der Waals surface area (Å²) in [5.41, 5.74) is 8.99. The smallest absolute Gasteiger partial charge is 0.164 e. The van der Waals surface area contributed by atoms with Crippen LogP contribution in [0.25, 0.3) is 99.9 Å².